The molecule has 0 aliphatic carbocycles. The van der Waals surface area contributed by atoms with E-state index < -0.39 is 0 Å². The van der Waals surface area contributed by atoms with Crippen molar-refractivity contribution < 1.29 is 28.5 Å². The van der Waals surface area contributed by atoms with Gasteiger partial charge in [0.1, 0.15) is 42.0 Å². The van der Waals surface area contributed by atoms with E-state index in [4.69, 9.17) is 23.7 Å². The van der Waals surface area contributed by atoms with Gasteiger partial charge in [0.15, 0.2) is 5.78 Å². The van der Waals surface area contributed by atoms with Crippen LogP contribution in [0.3, 0.4) is 0 Å². The van der Waals surface area contributed by atoms with Gasteiger partial charge >= 0.3 is 0 Å². The number of carbonyl (C=O) groups is 1. The Bertz CT molecular complexity index is 1460. The largest absolute Gasteiger partial charge is 0.497 e. The average molecular weight is 537 g/mol. The molecule has 0 N–H and O–H groups in total. The molecule has 0 radical (unpaired) electrons. The highest BCUT2D eigenvalue weighted by Crippen LogP contribution is 2.32. The molecule has 4 aromatic rings. The maximum absolute atomic E-state index is 12.9. The fourth-order valence-electron chi connectivity index (χ4n) is 3.95. The Morgan fingerprint density at radius 1 is 0.625 bits per heavy atom. The molecule has 4 rings (SSSR count). The Hall–Kier alpha value is -4.97. The molecule has 6 heteroatoms. The van der Waals surface area contributed by atoms with Crippen molar-refractivity contribution in [3.63, 3.8) is 0 Å². The van der Waals surface area contributed by atoms with E-state index in [2.05, 4.69) is 0 Å². The molecule has 0 spiro atoms. The lowest BCUT2D eigenvalue weighted by atomic mass is 10.0. The Balaban J connectivity index is 1.47. The van der Waals surface area contributed by atoms with Crippen LogP contribution in [0.5, 0.6) is 28.7 Å². The van der Waals surface area contributed by atoms with Crippen molar-refractivity contribution in [2.45, 2.75) is 0 Å². The van der Waals surface area contributed by atoms with Crippen LogP contribution in [0.15, 0.2) is 97.1 Å². The molecule has 0 amide bonds. The second-order valence-electron chi connectivity index (χ2n) is 8.67. The minimum atomic E-state index is -0.142. The number of rotatable bonds is 13. The van der Waals surface area contributed by atoms with Gasteiger partial charge in [-0.05, 0) is 65.7 Å². The number of hydrogen-bond donors (Lipinski definition) is 0. The number of allylic oxidation sites excluding steroid dienone is 1. The van der Waals surface area contributed by atoms with E-state index in [-0.39, 0.29) is 5.78 Å². The zero-order chi connectivity index (χ0) is 28.2. The zero-order valence-corrected chi connectivity index (χ0v) is 22.8. The van der Waals surface area contributed by atoms with Crippen molar-refractivity contribution in [3.05, 3.63) is 119 Å². The lowest BCUT2D eigenvalue weighted by molar-refractivity contribution is 0.104. The van der Waals surface area contributed by atoms with E-state index in [1.54, 1.807) is 57.7 Å². The molecular weight excluding hydrogens is 504 g/mol. The second kappa shape index (κ2) is 14.3. The molecule has 0 saturated heterocycles. The summed E-state index contributed by atoms with van der Waals surface area (Å²) in [7, 11) is 4.77. The predicted molar refractivity (Wildman–Crippen MR) is 159 cm³/mol. The van der Waals surface area contributed by atoms with Gasteiger partial charge in [0, 0.05) is 17.2 Å². The van der Waals surface area contributed by atoms with Gasteiger partial charge in [0.2, 0.25) is 0 Å². The second-order valence-corrected chi connectivity index (χ2v) is 8.67. The number of hydrogen-bond acceptors (Lipinski definition) is 6. The smallest absolute Gasteiger partial charge is 0.185 e. The van der Waals surface area contributed by atoms with Gasteiger partial charge in [-0.15, -0.1) is 0 Å². The molecule has 0 unspecified atom stereocenters. The fraction of sp³-hybridized carbons (Fsp3) is 0.147. The van der Waals surface area contributed by atoms with Gasteiger partial charge in [-0.2, -0.15) is 0 Å². The first-order valence-corrected chi connectivity index (χ1v) is 12.8. The molecule has 0 aliphatic heterocycles. The molecule has 204 valence electrons. The van der Waals surface area contributed by atoms with Crippen molar-refractivity contribution in [2.24, 2.45) is 0 Å². The van der Waals surface area contributed by atoms with Gasteiger partial charge in [0.05, 0.1) is 21.3 Å². The molecule has 40 heavy (non-hydrogen) atoms. The lowest BCUT2D eigenvalue weighted by Crippen LogP contribution is -2.08. The number of ether oxygens (including phenoxy) is 5. The number of methoxy groups -OCH3 is 3. The third-order valence-electron chi connectivity index (χ3n) is 6.06. The van der Waals surface area contributed by atoms with Crippen molar-refractivity contribution in [1.29, 1.82) is 0 Å². The van der Waals surface area contributed by atoms with Crippen molar-refractivity contribution >= 4 is 24.0 Å². The van der Waals surface area contributed by atoms with Crippen LogP contribution in [0.4, 0.5) is 0 Å². The molecular formula is C34H32O6. The predicted octanol–water partition coefficient (Wildman–Crippen LogP) is 7.24. The number of benzene rings is 4. The van der Waals surface area contributed by atoms with Crippen LogP contribution < -0.4 is 23.7 Å². The standard InChI is InChI=1S/C34H32O6/c1-36-30-11-7-8-27(23-30)33(35)19-18-32-26(22-31(37-2)24-34(32)38-3)15-12-25-13-16-29(17-14-25)40-21-20-39-28-9-5-4-6-10-28/h4-19,22-24H,20-21H2,1-3H3/b15-12+,19-18+. The summed E-state index contributed by atoms with van der Waals surface area (Å²) in [6.45, 7) is 0.901. The first-order chi connectivity index (χ1) is 19.6. The summed E-state index contributed by atoms with van der Waals surface area (Å²) >= 11 is 0. The molecule has 0 bridgehead atoms. The van der Waals surface area contributed by atoms with E-state index in [0.717, 1.165) is 28.2 Å². The third-order valence-corrected chi connectivity index (χ3v) is 6.06. The van der Waals surface area contributed by atoms with Crippen LogP contribution in [-0.4, -0.2) is 40.3 Å². The van der Waals surface area contributed by atoms with Crippen molar-refractivity contribution in [3.8, 4) is 28.7 Å². The Labute approximate surface area is 235 Å². The molecule has 4 aromatic carbocycles. The number of ketones is 1. The lowest BCUT2D eigenvalue weighted by Gasteiger charge is -2.12. The van der Waals surface area contributed by atoms with Gasteiger partial charge in [-0.1, -0.05) is 54.6 Å². The van der Waals surface area contributed by atoms with Gasteiger partial charge in [-0.3, -0.25) is 4.79 Å². The topological polar surface area (TPSA) is 63.2 Å². The highest BCUT2D eigenvalue weighted by Gasteiger charge is 2.10. The van der Waals surface area contributed by atoms with Crippen LogP contribution in [0.25, 0.3) is 18.2 Å². The van der Waals surface area contributed by atoms with Crippen LogP contribution in [0, 0.1) is 0 Å². The number of carbonyl (C=O) groups excluding carboxylic acids is 1. The Morgan fingerprint density at radius 3 is 1.98 bits per heavy atom. The highest BCUT2D eigenvalue weighted by atomic mass is 16.5. The zero-order valence-electron chi connectivity index (χ0n) is 22.8. The van der Waals surface area contributed by atoms with E-state index in [1.807, 2.05) is 72.8 Å². The molecule has 0 aliphatic rings. The quantitative estimate of drug-likeness (QED) is 0.0777. The summed E-state index contributed by atoms with van der Waals surface area (Å²) in [4.78, 5) is 12.9. The summed E-state index contributed by atoms with van der Waals surface area (Å²) < 4.78 is 27.8. The minimum Gasteiger partial charge on any atom is -0.497 e. The normalized spacial score (nSPS) is 11.0. The summed E-state index contributed by atoms with van der Waals surface area (Å²) in [6.07, 6.45) is 7.24. The SMILES string of the molecule is COc1cccc(C(=O)/C=C/c2c(/C=C/c3ccc(OCCOc4ccccc4)cc3)cc(OC)cc2OC)c1. The molecule has 0 aromatic heterocycles. The monoisotopic (exact) mass is 536 g/mol. The number of para-hydroxylation sites is 1. The van der Waals surface area contributed by atoms with E-state index >= 15 is 0 Å². The molecule has 0 atom stereocenters. The summed E-state index contributed by atoms with van der Waals surface area (Å²) in [5.41, 5.74) is 3.12. The van der Waals surface area contributed by atoms with Crippen LogP contribution in [0.2, 0.25) is 0 Å². The maximum Gasteiger partial charge on any atom is 0.185 e. The van der Waals surface area contributed by atoms with E-state index in [0.29, 0.717) is 36.0 Å². The highest BCUT2D eigenvalue weighted by molar-refractivity contribution is 6.07. The van der Waals surface area contributed by atoms with Crippen molar-refractivity contribution in [2.75, 3.05) is 34.5 Å². The minimum absolute atomic E-state index is 0.142. The third kappa shape index (κ3) is 7.77. The first-order valence-electron chi connectivity index (χ1n) is 12.8. The summed E-state index contributed by atoms with van der Waals surface area (Å²) in [5, 5.41) is 0. The summed E-state index contributed by atoms with van der Waals surface area (Å²) in [5.74, 6) is 3.30. The first kappa shape index (κ1) is 28.0. The summed E-state index contributed by atoms with van der Waals surface area (Å²) in [6, 6.07) is 28.2. The fourth-order valence-corrected chi connectivity index (χ4v) is 3.95. The van der Waals surface area contributed by atoms with Gasteiger partial charge < -0.3 is 23.7 Å². The van der Waals surface area contributed by atoms with Gasteiger partial charge in [0.25, 0.3) is 0 Å². The Morgan fingerprint density at radius 2 is 1.30 bits per heavy atom. The molecule has 0 saturated carbocycles. The maximum atomic E-state index is 12.9. The van der Waals surface area contributed by atoms with Crippen molar-refractivity contribution in [1.82, 2.24) is 0 Å². The molecule has 0 heterocycles. The molecule has 0 fully saturated rings. The Kier molecular flexibility index (Phi) is 10.00. The van der Waals surface area contributed by atoms with Gasteiger partial charge in [-0.25, -0.2) is 0 Å². The van der Waals surface area contributed by atoms with E-state index in [9.17, 15) is 4.79 Å². The van der Waals surface area contributed by atoms with Crippen LogP contribution in [0.1, 0.15) is 27.0 Å². The van der Waals surface area contributed by atoms with E-state index in [1.165, 1.54) is 6.08 Å². The average Bonchev–Trinajstić information content (AvgIpc) is 3.01. The van der Waals surface area contributed by atoms with Crippen LogP contribution in [-0.2, 0) is 0 Å². The molecule has 6 nitrogen and oxygen atoms in total. The van der Waals surface area contributed by atoms with Crippen LogP contribution >= 0.6 is 0 Å².